The molecule has 126 valence electrons. The first kappa shape index (κ1) is 16.1. The Labute approximate surface area is 151 Å². The minimum Gasteiger partial charge on any atom is -0.396 e. The van der Waals surface area contributed by atoms with Crippen molar-refractivity contribution in [2.24, 2.45) is 0 Å². The van der Waals surface area contributed by atoms with E-state index < -0.39 is 0 Å². The van der Waals surface area contributed by atoms with Crippen LogP contribution in [-0.4, -0.2) is 21.3 Å². The third-order valence-electron chi connectivity index (χ3n) is 4.56. The first-order valence-corrected chi connectivity index (χ1v) is 8.86. The molecule has 0 saturated carbocycles. The van der Waals surface area contributed by atoms with Crippen LogP contribution < -0.4 is 0 Å². The number of imidazole rings is 1. The minimum atomic E-state index is 0.161. The van der Waals surface area contributed by atoms with Crippen LogP contribution >= 0.6 is 11.6 Å². The van der Waals surface area contributed by atoms with Gasteiger partial charge in [-0.1, -0.05) is 54.1 Å². The summed E-state index contributed by atoms with van der Waals surface area (Å²) in [5, 5.41) is 12.4. The fourth-order valence-electron chi connectivity index (χ4n) is 3.38. The number of hydrogen-bond acceptors (Lipinski definition) is 2. The predicted octanol–water partition coefficient (Wildman–Crippen LogP) is 4.82. The van der Waals surface area contributed by atoms with Gasteiger partial charge in [0.25, 0.3) is 0 Å². The molecule has 0 aliphatic rings. The first-order valence-electron chi connectivity index (χ1n) is 8.48. The molecule has 1 aromatic heterocycles. The number of hydrogen-bond donors (Lipinski definition) is 1. The second-order valence-electron chi connectivity index (χ2n) is 6.20. The molecule has 4 heteroatoms. The van der Waals surface area contributed by atoms with E-state index >= 15 is 0 Å². The van der Waals surface area contributed by atoms with Crippen LogP contribution in [0.2, 0.25) is 5.02 Å². The Hall–Kier alpha value is -2.36. The van der Waals surface area contributed by atoms with Crippen LogP contribution in [0.15, 0.2) is 60.7 Å². The van der Waals surface area contributed by atoms with Gasteiger partial charge in [-0.2, -0.15) is 0 Å². The molecule has 0 spiro atoms. The molecular weight excluding hydrogens is 332 g/mol. The Morgan fingerprint density at radius 3 is 2.72 bits per heavy atom. The van der Waals surface area contributed by atoms with Gasteiger partial charge in [0.05, 0.1) is 11.0 Å². The SMILES string of the molecule is OCCCn1c(Cc2cccc3ccccc23)nc2ccc(Cl)cc21. The Bertz CT molecular complexity index is 1030. The number of rotatable bonds is 5. The second-order valence-corrected chi connectivity index (χ2v) is 6.64. The Kier molecular flexibility index (Phi) is 4.43. The van der Waals surface area contributed by atoms with E-state index in [-0.39, 0.29) is 6.61 Å². The van der Waals surface area contributed by atoms with E-state index in [1.54, 1.807) is 0 Å². The highest BCUT2D eigenvalue weighted by Gasteiger charge is 2.13. The van der Waals surface area contributed by atoms with Gasteiger partial charge >= 0.3 is 0 Å². The van der Waals surface area contributed by atoms with Crippen LogP contribution in [0.4, 0.5) is 0 Å². The number of halogens is 1. The minimum absolute atomic E-state index is 0.161. The molecule has 0 aliphatic heterocycles. The number of aromatic nitrogens is 2. The molecule has 0 bridgehead atoms. The van der Waals surface area contributed by atoms with Gasteiger partial charge in [0.2, 0.25) is 0 Å². The molecule has 0 amide bonds. The van der Waals surface area contributed by atoms with Crippen LogP contribution in [0.25, 0.3) is 21.8 Å². The molecule has 3 nitrogen and oxygen atoms in total. The van der Waals surface area contributed by atoms with Crippen LogP contribution in [0.3, 0.4) is 0 Å². The maximum absolute atomic E-state index is 9.25. The van der Waals surface area contributed by atoms with Gasteiger partial charge in [-0.15, -0.1) is 0 Å². The van der Waals surface area contributed by atoms with Gasteiger partial charge in [0.15, 0.2) is 0 Å². The van der Waals surface area contributed by atoms with E-state index in [1.807, 2.05) is 18.2 Å². The average molecular weight is 351 g/mol. The maximum atomic E-state index is 9.25. The van der Waals surface area contributed by atoms with Gasteiger partial charge in [0.1, 0.15) is 5.82 Å². The Morgan fingerprint density at radius 1 is 1.00 bits per heavy atom. The number of aliphatic hydroxyl groups excluding tert-OH is 1. The van der Waals surface area contributed by atoms with E-state index in [0.717, 1.165) is 29.8 Å². The lowest BCUT2D eigenvalue weighted by molar-refractivity contribution is 0.280. The summed E-state index contributed by atoms with van der Waals surface area (Å²) in [6.45, 7) is 0.890. The van der Waals surface area contributed by atoms with Crippen molar-refractivity contribution in [1.29, 1.82) is 0 Å². The summed E-state index contributed by atoms with van der Waals surface area (Å²) in [6.07, 6.45) is 1.44. The number of aliphatic hydroxyl groups is 1. The molecule has 0 fully saturated rings. The van der Waals surface area contributed by atoms with E-state index in [4.69, 9.17) is 16.6 Å². The molecular formula is C21H19ClN2O. The highest BCUT2D eigenvalue weighted by molar-refractivity contribution is 6.31. The average Bonchev–Trinajstić information content (AvgIpc) is 2.96. The fourth-order valence-corrected chi connectivity index (χ4v) is 3.54. The quantitative estimate of drug-likeness (QED) is 0.560. The van der Waals surface area contributed by atoms with E-state index in [1.165, 1.54) is 16.3 Å². The summed E-state index contributed by atoms with van der Waals surface area (Å²) in [6, 6.07) is 20.6. The normalized spacial score (nSPS) is 11.4. The lowest BCUT2D eigenvalue weighted by atomic mass is 10.0. The van der Waals surface area contributed by atoms with Crippen LogP contribution in [0.1, 0.15) is 17.8 Å². The predicted molar refractivity (Wildman–Crippen MR) is 103 cm³/mol. The zero-order valence-corrected chi connectivity index (χ0v) is 14.6. The molecule has 4 rings (SSSR count). The third-order valence-corrected chi connectivity index (χ3v) is 4.79. The highest BCUT2D eigenvalue weighted by atomic mass is 35.5. The maximum Gasteiger partial charge on any atom is 0.114 e. The molecule has 0 aliphatic carbocycles. The summed E-state index contributed by atoms with van der Waals surface area (Å²) < 4.78 is 2.18. The van der Waals surface area contributed by atoms with Crippen molar-refractivity contribution in [3.63, 3.8) is 0 Å². The third kappa shape index (κ3) is 3.13. The zero-order valence-electron chi connectivity index (χ0n) is 13.8. The van der Waals surface area contributed by atoms with Crippen molar-refractivity contribution < 1.29 is 5.11 Å². The molecule has 3 aromatic carbocycles. The van der Waals surface area contributed by atoms with Gasteiger partial charge in [-0.05, 0) is 41.0 Å². The number of aryl methyl sites for hydroxylation is 1. The molecule has 0 unspecified atom stereocenters. The number of fused-ring (bicyclic) bond motifs is 2. The molecule has 0 saturated heterocycles. The summed E-state index contributed by atoms with van der Waals surface area (Å²) in [7, 11) is 0. The lowest BCUT2D eigenvalue weighted by Crippen LogP contribution is -2.06. The van der Waals surface area contributed by atoms with Crippen molar-refractivity contribution >= 4 is 33.4 Å². The monoisotopic (exact) mass is 350 g/mol. The standard InChI is InChI=1S/C21H19ClN2O/c22-17-9-10-19-20(14-17)24(11-4-12-25)21(23-19)13-16-7-3-6-15-5-1-2-8-18(15)16/h1-3,5-10,14,25H,4,11-13H2. The van der Waals surface area contributed by atoms with Gasteiger partial charge in [0, 0.05) is 24.6 Å². The topological polar surface area (TPSA) is 38.0 Å². The zero-order chi connectivity index (χ0) is 17.2. The molecule has 0 radical (unpaired) electrons. The Morgan fingerprint density at radius 2 is 1.84 bits per heavy atom. The van der Waals surface area contributed by atoms with Crippen molar-refractivity contribution in [2.45, 2.75) is 19.4 Å². The van der Waals surface area contributed by atoms with E-state index in [2.05, 4.69) is 47.0 Å². The summed E-state index contributed by atoms with van der Waals surface area (Å²) in [5.41, 5.74) is 3.22. The molecule has 0 atom stereocenters. The first-order chi connectivity index (χ1) is 12.3. The second kappa shape index (κ2) is 6.87. The summed E-state index contributed by atoms with van der Waals surface area (Å²) >= 11 is 6.18. The molecule has 4 aromatic rings. The van der Waals surface area contributed by atoms with E-state index in [0.29, 0.717) is 11.4 Å². The largest absolute Gasteiger partial charge is 0.396 e. The lowest BCUT2D eigenvalue weighted by Gasteiger charge is -2.10. The van der Waals surface area contributed by atoms with Crippen molar-refractivity contribution in [2.75, 3.05) is 6.61 Å². The highest BCUT2D eigenvalue weighted by Crippen LogP contribution is 2.25. The van der Waals surface area contributed by atoms with Crippen molar-refractivity contribution in [3.8, 4) is 0 Å². The summed E-state index contributed by atoms with van der Waals surface area (Å²) in [5.74, 6) is 1.00. The fraction of sp³-hybridized carbons (Fsp3) is 0.190. The van der Waals surface area contributed by atoms with Crippen LogP contribution in [0.5, 0.6) is 0 Å². The van der Waals surface area contributed by atoms with Gasteiger partial charge < -0.3 is 9.67 Å². The summed E-state index contributed by atoms with van der Waals surface area (Å²) in [4.78, 5) is 4.83. The molecule has 25 heavy (non-hydrogen) atoms. The van der Waals surface area contributed by atoms with Crippen LogP contribution in [0, 0.1) is 0 Å². The van der Waals surface area contributed by atoms with Crippen molar-refractivity contribution in [3.05, 3.63) is 77.1 Å². The molecule has 1 heterocycles. The Balaban J connectivity index is 1.82. The van der Waals surface area contributed by atoms with E-state index in [9.17, 15) is 5.11 Å². The number of nitrogens with zero attached hydrogens (tertiary/aromatic N) is 2. The van der Waals surface area contributed by atoms with Crippen molar-refractivity contribution in [1.82, 2.24) is 9.55 Å². The van der Waals surface area contributed by atoms with Gasteiger partial charge in [-0.3, -0.25) is 0 Å². The number of benzene rings is 3. The van der Waals surface area contributed by atoms with Gasteiger partial charge in [-0.25, -0.2) is 4.98 Å². The molecule has 1 N–H and O–H groups in total. The smallest absolute Gasteiger partial charge is 0.114 e. The van der Waals surface area contributed by atoms with Crippen LogP contribution in [-0.2, 0) is 13.0 Å².